The van der Waals surface area contributed by atoms with Crippen LogP contribution in [-0.2, 0) is 0 Å². The van der Waals surface area contributed by atoms with Crippen LogP contribution in [0.15, 0.2) is 23.1 Å². The Hall–Kier alpha value is -2.31. The number of alkyl halides is 2. The predicted octanol–water partition coefficient (Wildman–Crippen LogP) is 3.10. The largest absolute Gasteiger partial charge is 0.364 e. The number of nitrogens with one attached hydrogen (secondary N) is 1. The SMILES string of the molecule is NC(=O)c1nccc2[nH]c([C@H]3CCCC4(C3)CC(F)(F)C4)cc(=O)c12. The van der Waals surface area contributed by atoms with Crippen LogP contribution < -0.4 is 11.2 Å². The van der Waals surface area contributed by atoms with Crippen molar-refractivity contribution in [1.29, 1.82) is 0 Å². The van der Waals surface area contributed by atoms with E-state index < -0.39 is 11.8 Å². The maximum atomic E-state index is 13.4. The summed E-state index contributed by atoms with van der Waals surface area (Å²) in [6.07, 6.45) is 4.56. The Labute approximate surface area is 142 Å². The summed E-state index contributed by atoms with van der Waals surface area (Å²) in [5.41, 5.74) is 5.88. The van der Waals surface area contributed by atoms with Gasteiger partial charge >= 0.3 is 0 Å². The summed E-state index contributed by atoms with van der Waals surface area (Å²) in [7, 11) is 0. The standard InChI is InChI=1S/C18H19F2N3O2/c19-18(20)8-17(9-18)4-1-2-10(7-17)12-6-13(24)14-11(23-12)3-5-22-15(14)16(21)25/h3,5-6,10H,1-2,4,7-9H2,(H2,21,25)(H,23,24)/t10-/m0/s1. The molecule has 0 saturated heterocycles. The quantitative estimate of drug-likeness (QED) is 0.875. The van der Waals surface area contributed by atoms with Crippen LogP contribution in [0.2, 0.25) is 0 Å². The number of pyridine rings is 2. The summed E-state index contributed by atoms with van der Waals surface area (Å²) in [5.74, 6) is -3.25. The second-order valence-corrected chi connectivity index (χ2v) is 7.54. The molecule has 0 bridgehead atoms. The molecule has 0 radical (unpaired) electrons. The van der Waals surface area contributed by atoms with Crippen LogP contribution >= 0.6 is 0 Å². The predicted molar refractivity (Wildman–Crippen MR) is 88.7 cm³/mol. The minimum atomic E-state index is -2.54. The van der Waals surface area contributed by atoms with Gasteiger partial charge in [0.25, 0.3) is 5.91 Å². The third-order valence-corrected chi connectivity index (χ3v) is 5.64. The number of aromatic nitrogens is 2. The zero-order chi connectivity index (χ0) is 17.8. The molecule has 1 amide bonds. The van der Waals surface area contributed by atoms with Crippen LogP contribution in [0.25, 0.3) is 10.9 Å². The van der Waals surface area contributed by atoms with E-state index in [1.165, 1.54) is 12.3 Å². The topological polar surface area (TPSA) is 88.8 Å². The number of carbonyl (C=O) groups is 1. The van der Waals surface area contributed by atoms with Crippen molar-refractivity contribution in [2.24, 2.45) is 11.1 Å². The molecule has 2 aromatic heterocycles. The van der Waals surface area contributed by atoms with Gasteiger partial charge in [-0.25, -0.2) is 8.78 Å². The summed E-state index contributed by atoms with van der Waals surface area (Å²) in [6.45, 7) is 0. The van der Waals surface area contributed by atoms with Crippen molar-refractivity contribution in [2.45, 2.75) is 50.4 Å². The fourth-order valence-corrected chi connectivity index (χ4v) is 4.71. The highest BCUT2D eigenvalue weighted by atomic mass is 19.3. The number of primary amides is 1. The number of hydrogen-bond acceptors (Lipinski definition) is 3. The lowest BCUT2D eigenvalue weighted by atomic mass is 9.56. The van der Waals surface area contributed by atoms with Gasteiger partial charge in [0.15, 0.2) is 5.43 Å². The summed E-state index contributed by atoms with van der Waals surface area (Å²) >= 11 is 0. The van der Waals surface area contributed by atoms with Crippen molar-refractivity contribution in [1.82, 2.24) is 9.97 Å². The number of H-pyrrole nitrogens is 1. The highest BCUT2D eigenvalue weighted by Crippen LogP contribution is 2.61. The van der Waals surface area contributed by atoms with Crippen LogP contribution in [0, 0.1) is 5.41 Å². The van der Waals surface area contributed by atoms with Gasteiger partial charge in [0.2, 0.25) is 5.92 Å². The summed E-state index contributed by atoms with van der Waals surface area (Å²) in [6, 6.07) is 3.10. The Bertz CT molecular complexity index is 914. The fraction of sp³-hybridized carbons (Fsp3) is 0.500. The second-order valence-electron chi connectivity index (χ2n) is 7.54. The molecule has 2 saturated carbocycles. The lowest BCUT2D eigenvalue weighted by molar-refractivity contribution is -0.174. The molecule has 2 heterocycles. The number of fused-ring (bicyclic) bond motifs is 1. The maximum absolute atomic E-state index is 13.4. The van der Waals surface area contributed by atoms with Crippen molar-refractivity contribution in [3.05, 3.63) is 39.9 Å². The number of nitrogens with two attached hydrogens (primary N) is 1. The molecule has 0 aromatic carbocycles. The van der Waals surface area contributed by atoms with Gasteiger partial charge in [-0.1, -0.05) is 6.42 Å². The minimum absolute atomic E-state index is 0.0483. The Morgan fingerprint density at radius 1 is 1.36 bits per heavy atom. The summed E-state index contributed by atoms with van der Waals surface area (Å²) in [5, 5.41) is 0.180. The molecule has 132 valence electrons. The molecule has 2 fully saturated rings. The lowest BCUT2D eigenvalue weighted by Gasteiger charge is -2.51. The number of aromatic amines is 1. The molecule has 3 N–H and O–H groups in total. The van der Waals surface area contributed by atoms with E-state index in [4.69, 9.17) is 5.73 Å². The van der Waals surface area contributed by atoms with Crippen LogP contribution in [-0.4, -0.2) is 21.8 Å². The third kappa shape index (κ3) is 2.71. The van der Waals surface area contributed by atoms with E-state index in [-0.39, 0.29) is 40.7 Å². The highest BCUT2D eigenvalue weighted by Gasteiger charge is 2.57. The van der Waals surface area contributed by atoms with Gasteiger partial charge in [0.05, 0.1) is 10.9 Å². The van der Waals surface area contributed by atoms with Gasteiger partial charge in [-0.2, -0.15) is 0 Å². The number of hydrogen-bond donors (Lipinski definition) is 2. The Kier molecular flexibility index (Phi) is 3.46. The zero-order valence-corrected chi connectivity index (χ0v) is 13.6. The average molecular weight is 347 g/mol. The first kappa shape index (κ1) is 16.2. The first-order valence-electron chi connectivity index (χ1n) is 8.48. The molecule has 1 atom stereocenters. The number of rotatable bonds is 2. The van der Waals surface area contributed by atoms with Crippen LogP contribution in [0.5, 0.6) is 0 Å². The van der Waals surface area contributed by atoms with Gasteiger partial charge in [0, 0.05) is 30.8 Å². The van der Waals surface area contributed by atoms with E-state index in [0.717, 1.165) is 25.0 Å². The van der Waals surface area contributed by atoms with Crippen LogP contribution in [0.4, 0.5) is 8.78 Å². The van der Waals surface area contributed by atoms with E-state index in [1.54, 1.807) is 6.07 Å². The normalized spacial score (nSPS) is 24.2. The van der Waals surface area contributed by atoms with E-state index in [2.05, 4.69) is 9.97 Å². The zero-order valence-electron chi connectivity index (χ0n) is 13.6. The van der Waals surface area contributed by atoms with Crippen molar-refractivity contribution in [3.63, 3.8) is 0 Å². The molecular weight excluding hydrogens is 328 g/mol. The summed E-state index contributed by atoms with van der Waals surface area (Å²) in [4.78, 5) is 31.1. The first-order valence-corrected chi connectivity index (χ1v) is 8.48. The third-order valence-electron chi connectivity index (χ3n) is 5.64. The molecule has 7 heteroatoms. The molecule has 0 aliphatic heterocycles. The van der Waals surface area contributed by atoms with Crippen molar-refractivity contribution in [2.75, 3.05) is 0 Å². The lowest BCUT2D eigenvalue weighted by Crippen LogP contribution is -2.48. The first-order chi connectivity index (χ1) is 11.8. The van der Waals surface area contributed by atoms with Crippen molar-refractivity contribution < 1.29 is 13.6 Å². The molecule has 2 aliphatic carbocycles. The van der Waals surface area contributed by atoms with Gasteiger partial charge in [-0.3, -0.25) is 14.6 Å². The smallest absolute Gasteiger partial charge is 0.268 e. The van der Waals surface area contributed by atoms with Gasteiger partial charge < -0.3 is 10.7 Å². The molecule has 1 spiro atoms. The molecule has 2 aliphatic rings. The van der Waals surface area contributed by atoms with Crippen LogP contribution in [0.3, 0.4) is 0 Å². The molecule has 0 unspecified atom stereocenters. The molecule has 4 rings (SSSR count). The van der Waals surface area contributed by atoms with Gasteiger partial charge in [0.1, 0.15) is 5.69 Å². The average Bonchev–Trinajstić information content (AvgIpc) is 2.52. The number of amides is 1. The maximum Gasteiger partial charge on any atom is 0.268 e. The van der Waals surface area contributed by atoms with Gasteiger partial charge in [-0.05, 0) is 36.7 Å². The number of nitrogens with zero attached hydrogens (tertiary/aromatic N) is 1. The Morgan fingerprint density at radius 2 is 2.12 bits per heavy atom. The van der Waals surface area contributed by atoms with Gasteiger partial charge in [-0.15, -0.1) is 0 Å². The Morgan fingerprint density at radius 3 is 2.80 bits per heavy atom. The van der Waals surface area contributed by atoms with E-state index >= 15 is 0 Å². The summed E-state index contributed by atoms with van der Waals surface area (Å²) < 4.78 is 26.8. The van der Waals surface area contributed by atoms with E-state index in [0.29, 0.717) is 11.9 Å². The van der Waals surface area contributed by atoms with E-state index in [1.807, 2.05) is 0 Å². The Balaban J connectivity index is 1.71. The number of halogens is 2. The van der Waals surface area contributed by atoms with Crippen molar-refractivity contribution >= 4 is 16.8 Å². The van der Waals surface area contributed by atoms with Crippen molar-refractivity contribution in [3.8, 4) is 0 Å². The fourth-order valence-electron chi connectivity index (χ4n) is 4.71. The highest BCUT2D eigenvalue weighted by molar-refractivity contribution is 6.03. The monoisotopic (exact) mass is 347 g/mol. The van der Waals surface area contributed by atoms with Crippen LogP contribution in [0.1, 0.15) is 60.6 Å². The molecular formula is C18H19F2N3O2. The molecule has 2 aromatic rings. The second kappa shape index (κ2) is 5.34. The number of carbonyl (C=O) groups excluding carboxylic acids is 1. The molecule has 5 nitrogen and oxygen atoms in total. The minimum Gasteiger partial charge on any atom is -0.364 e. The molecule has 25 heavy (non-hydrogen) atoms. The van der Waals surface area contributed by atoms with E-state index in [9.17, 15) is 18.4 Å².